The summed E-state index contributed by atoms with van der Waals surface area (Å²) in [6.07, 6.45) is 0.599. The third-order valence-electron chi connectivity index (χ3n) is 7.68. The molecule has 248 valence electrons. The summed E-state index contributed by atoms with van der Waals surface area (Å²) < 4.78 is 66.2. The summed E-state index contributed by atoms with van der Waals surface area (Å²) in [7, 11) is -3.65. The topological polar surface area (TPSA) is 133 Å². The minimum absolute atomic E-state index is 0.00174. The Kier molecular flexibility index (Phi) is 10.4. The molecule has 1 aliphatic heterocycles. The number of aromatic nitrogens is 2. The van der Waals surface area contributed by atoms with Crippen molar-refractivity contribution in [3.05, 3.63) is 52.9 Å². The van der Waals surface area contributed by atoms with Crippen LogP contribution >= 0.6 is 22.7 Å². The average molecular weight is 699 g/mol. The summed E-state index contributed by atoms with van der Waals surface area (Å²) in [6.45, 7) is 5.29. The van der Waals surface area contributed by atoms with Crippen molar-refractivity contribution >= 4 is 61.2 Å². The lowest BCUT2D eigenvalue weighted by atomic mass is 9.97. The van der Waals surface area contributed by atoms with Gasteiger partial charge in [-0.15, -0.1) is 22.7 Å². The molecule has 46 heavy (non-hydrogen) atoms. The number of aliphatic carboxylic acids is 1. The number of para-hydroxylation sites is 1. The number of alkyl halides is 3. The second kappa shape index (κ2) is 14.1. The fourth-order valence-corrected chi connectivity index (χ4v) is 8.74. The normalized spacial score (nSPS) is 16.2. The number of piperidine rings is 1. The number of nitrogens with one attached hydrogen (secondary N) is 1. The number of H-pyrrole nitrogens is 1. The zero-order valence-corrected chi connectivity index (χ0v) is 27.3. The lowest BCUT2D eigenvalue weighted by molar-refractivity contribution is -0.192. The largest absolute Gasteiger partial charge is 0.490 e. The van der Waals surface area contributed by atoms with Crippen LogP contribution < -0.4 is 4.31 Å². The van der Waals surface area contributed by atoms with Crippen LogP contribution in [0, 0.1) is 11.8 Å². The number of anilines is 1. The van der Waals surface area contributed by atoms with E-state index in [4.69, 9.17) is 19.6 Å². The molecule has 0 amide bonds. The molecule has 0 radical (unpaired) electrons. The van der Waals surface area contributed by atoms with Gasteiger partial charge in [-0.1, -0.05) is 18.2 Å². The number of rotatable bonds is 10. The first-order valence-electron chi connectivity index (χ1n) is 14.7. The minimum Gasteiger partial charge on any atom is -0.475 e. The van der Waals surface area contributed by atoms with Crippen LogP contribution in [0.3, 0.4) is 0 Å². The van der Waals surface area contributed by atoms with Crippen molar-refractivity contribution in [1.29, 1.82) is 0 Å². The number of carbonyl (C=O) groups excluding carboxylic acids is 1. The van der Waals surface area contributed by atoms with Gasteiger partial charge >= 0.3 is 18.1 Å². The third kappa shape index (κ3) is 8.08. The third-order valence-corrected chi connectivity index (χ3v) is 11.8. The van der Waals surface area contributed by atoms with E-state index in [-0.39, 0.29) is 11.9 Å². The first-order chi connectivity index (χ1) is 21.9. The molecule has 2 fully saturated rings. The summed E-state index contributed by atoms with van der Waals surface area (Å²) in [6, 6.07) is 11.3. The van der Waals surface area contributed by atoms with E-state index in [2.05, 4.69) is 16.0 Å². The SMILES string of the molecule is CCOC(=O)C1CCN(Cc2cnc(-c3cc4cccc(N(CC5CC5)S(=O)(=O)c5cccs5)c4[nH]3)s2)CC1.O=C(O)C(F)(F)F. The molecule has 0 unspecified atom stereocenters. The van der Waals surface area contributed by atoms with Crippen LogP contribution in [0.25, 0.3) is 21.6 Å². The van der Waals surface area contributed by atoms with Gasteiger partial charge in [-0.3, -0.25) is 14.0 Å². The molecule has 4 aromatic rings. The summed E-state index contributed by atoms with van der Waals surface area (Å²) in [4.78, 5) is 32.7. The van der Waals surface area contributed by atoms with Crippen LogP contribution in [0.2, 0.25) is 0 Å². The Morgan fingerprint density at radius 2 is 1.87 bits per heavy atom. The summed E-state index contributed by atoms with van der Waals surface area (Å²) in [5.74, 6) is -2.43. The van der Waals surface area contributed by atoms with E-state index in [1.807, 2.05) is 31.3 Å². The van der Waals surface area contributed by atoms with E-state index in [9.17, 15) is 26.4 Å². The maximum atomic E-state index is 13.6. The Balaban J connectivity index is 0.000000537. The molecule has 16 heteroatoms. The number of benzene rings is 1. The highest BCUT2D eigenvalue weighted by Gasteiger charge is 2.38. The van der Waals surface area contributed by atoms with Crippen molar-refractivity contribution in [3.8, 4) is 10.7 Å². The van der Waals surface area contributed by atoms with Crippen molar-refractivity contribution in [2.75, 3.05) is 30.5 Å². The van der Waals surface area contributed by atoms with Crippen LogP contribution in [-0.2, 0) is 30.9 Å². The molecule has 1 aliphatic carbocycles. The Morgan fingerprint density at radius 3 is 2.48 bits per heavy atom. The van der Waals surface area contributed by atoms with Crippen molar-refractivity contribution < 1.29 is 41.0 Å². The van der Waals surface area contributed by atoms with Gasteiger partial charge in [-0.05, 0) is 75.2 Å². The molecule has 1 aromatic carbocycles. The van der Waals surface area contributed by atoms with Gasteiger partial charge in [0, 0.05) is 29.5 Å². The standard InChI is InChI=1S/C28H32N4O4S3.C2HF3O2/c1-2-36-28(33)20-10-12-31(13-11-20)18-22-16-29-27(38-22)23-15-21-5-3-6-24(26(21)30-23)32(17-19-8-9-19)39(34,35)25-7-4-14-37-25;3-2(4,5)1(6)7/h3-7,14-16,19-20,30H,2,8-13,17-18H2,1H3;(H,6,7). The number of fused-ring (bicyclic) bond motifs is 1. The fourth-order valence-electron chi connectivity index (χ4n) is 5.16. The first-order valence-corrected chi connectivity index (χ1v) is 17.8. The van der Waals surface area contributed by atoms with Gasteiger partial charge in [-0.2, -0.15) is 13.2 Å². The van der Waals surface area contributed by atoms with E-state index < -0.39 is 22.2 Å². The molecular weight excluding hydrogens is 666 g/mol. The maximum Gasteiger partial charge on any atom is 0.490 e. The molecule has 2 aliphatic rings. The van der Waals surface area contributed by atoms with Gasteiger partial charge in [0.2, 0.25) is 0 Å². The number of thiophene rings is 1. The summed E-state index contributed by atoms with van der Waals surface area (Å²) in [5, 5.41) is 10.8. The number of carbonyl (C=O) groups is 2. The lowest BCUT2D eigenvalue weighted by Crippen LogP contribution is -2.36. The highest BCUT2D eigenvalue weighted by atomic mass is 32.2. The number of thiazole rings is 1. The van der Waals surface area contributed by atoms with E-state index in [1.165, 1.54) is 11.3 Å². The van der Waals surface area contributed by atoms with Crippen molar-refractivity contribution in [3.63, 3.8) is 0 Å². The summed E-state index contributed by atoms with van der Waals surface area (Å²) >= 11 is 2.90. The van der Waals surface area contributed by atoms with E-state index in [1.54, 1.807) is 33.2 Å². The van der Waals surface area contributed by atoms with Crippen LogP contribution in [0.4, 0.5) is 18.9 Å². The number of hydrogen-bond acceptors (Lipinski definition) is 9. The minimum atomic E-state index is -5.08. The fraction of sp³-hybridized carbons (Fsp3) is 0.433. The molecule has 1 saturated heterocycles. The molecule has 10 nitrogen and oxygen atoms in total. The molecular formula is C30H33F3N4O6S3. The van der Waals surface area contributed by atoms with Crippen LogP contribution in [0.1, 0.15) is 37.5 Å². The molecule has 3 aromatic heterocycles. The number of hydrogen-bond donors (Lipinski definition) is 2. The highest BCUT2D eigenvalue weighted by molar-refractivity contribution is 7.94. The first kappa shape index (κ1) is 33.9. The van der Waals surface area contributed by atoms with E-state index in [0.29, 0.717) is 29.0 Å². The zero-order chi connectivity index (χ0) is 33.1. The Bertz CT molecular complexity index is 1760. The Hall–Kier alpha value is -3.47. The number of ether oxygens (including phenoxy) is 1. The van der Waals surface area contributed by atoms with Gasteiger partial charge < -0.3 is 14.8 Å². The quantitative estimate of drug-likeness (QED) is 0.183. The van der Waals surface area contributed by atoms with Crippen LogP contribution in [0.15, 0.2) is 52.2 Å². The number of halogens is 3. The number of likely N-dealkylation sites (tertiary alicyclic amines) is 1. The number of carboxylic acid groups (broad SMARTS) is 1. The monoisotopic (exact) mass is 698 g/mol. The molecule has 0 atom stereocenters. The highest BCUT2D eigenvalue weighted by Crippen LogP contribution is 2.39. The van der Waals surface area contributed by atoms with Gasteiger partial charge in [0.15, 0.2) is 0 Å². The van der Waals surface area contributed by atoms with E-state index in [0.717, 1.165) is 71.8 Å². The van der Waals surface area contributed by atoms with E-state index >= 15 is 0 Å². The molecule has 0 bridgehead atoms. The average Bonchev–Trinajstić information content (AvgIpc) is 3.38. The molecule has 2 N–H and O–H groups in total. The van der Waals surface area contributed by atoms with Gasteiger partial charge in [0.25, 0.3) is 10.0 Å². The zero-order valence-electron chi connectivity index (χ0n) is 24.8. The lowest BCUT2D eigenvalue weighted by Gasteiger charge is -2.30. The van der Waals surface area contributed by atoms with Crippen molar-refractivity contribution in [1.82, 2.24) is 14.9 Å². The summed E-state index contributed by atoms with van der Waals surface area (Å²) in [5.41, 5.74) is 2.38. The number of nitrogens with zero attached hydrogens (tertiary/aromatic N) is 3. The predicted molar refractivity (Wildman–Crippen MR) is 169 cm³/mol. The number of aromatic amines is 1. The maximum absolute atomic E-state index is 13.6. The molecule has 6 rings (SSSR count). The van der Waals surface area contributed by atoms with Crippen molar-refractivity contribution in [2.24, 2.45) is 11.8 Å². The van der Waals surface area contributed by atoms with Crippen molar-refractivity contribution in [2.45, 2.75) is 49.5 Å². The van der Waals surface area contributed by atoms with Crippen LogP contribution in [-0.4, -0.2) is 72.7 Å². The van der Waals surface area contributed by atoms with Gasteiger partial charge in [0.05, 0.1) is 29.4 Å². The predicted octanol–water partition coefficient (Wildman–Crippen LogP) is 6.37. The number of carboxylic acids is 1. The molecule has 1 saturated carbocycles. The molecule has 4 heterocycles. The second-order valence-electron chi connectivity index (χ2n) is 11.1. The number of esters is 1. The van der Waals surface area contributed by atoms with Gasteiger partial charge in [0.1, 0.15) is 9.22 Å². The Morgan fingerprint density at radius 1 is 1.15 bits per heavy atom. The molecule has 0 spiro atoms. The second-order valence-corrected chi connectivity index (χ2v) is 15.2. The number of sulfonamides is 1. The van der Waals surface area contributed by atoms with Crippen LogP contribution in [0.5, 0.6) is 0 Å². The van der Waals surface area contributed by atoms with Gasteiger partial charge in [-0.25, -0.2) is 18.2 Å². The smallest absolute Gasteiger partial charge is 0.475 e. The Labute approximate surface area is 271 Å².